The Bertz CT molecular complexity index is 378. The molecule has 0 aromatic carbocycles. The van der Waals surface area contributed by atoms with Gasteiger partial charge in [0.05, 0.1) is 5.02 Å². The number of halogens is 2. The van der Waals surface area contributed by atoms with Crippen molar-refractivity contribution in [3.63, 3.8) is 0 Å². The molecule has 1 aliphatic carbocycles. The largest absolute Gasteiger partial charge is 0.334 e. The van der Waals surface area contributed by atoms with Gasteiger partial charge in [0, 0.05) is 17.9 Å². The Morgan fingerprint density at radius 2 is 2.38 bits per heavy atom. The number of nitrogens with zero attached hydrogens (tertiary/aromatic N) is 1. The van der Waals surface area contributed by atoms with Gasteiger partial charge in [-0.05, 0) is 30.7 Å². The molecule has 0 N–H and O–H groups in total. The second-order valence-corrected chi connectivity index (χ2v) is 5.99. The average molecular weight is 323 g/mol. The first kappa shape index (κ1) is 12.4. The zero-order chi connectivity index (χ0) is 11.5. The molecule has 2 rings (SSSR count). The molecule has 0 aliphatic heterocycles. The molecule has 1 aromatic heterocycles. The minimum atomic E-state index is 0.0872. The van der Waals surface area contributed by atoms with Gasteiger partial charge in [0.1, 0.15) is 4.88 Å². The minimum Gasteiger partial charge on any atom is -0.334 e. The van der Waals surface area contributed by atoms with Crippen LogP contribution >= 0.6 is 38.9 Å². The Morgan fingerprint density at radius 3 is 2.81 bits per heavy atom. The lowest BCUT2D eigenvalue weighted by Crippen LogP contribution is -2.45. The van der Waals surface area contributed by atoms with E-state index in [1.807, 2.05) is 10.3 Å². The summed E-state index contributed by atoms with van der Waals surface area (Å²) in [5.41, 5.74) is 0. The van der Waals surface area contributed by atoms with Crippen LogP contribution < -0.4 is 0 Å². The van der Waals surface area contributed by atoms with Crippen LogP contribution in [0.5, 0.6) is 0 Å². The molecule has 1 aromatic rings. The summed E-state index contributed by atoms with van der Waals surface area (Å²) in [6.07, 6.45) is 3.48. The van der Waals surface area contributed by atoms with E-state index in [-0.39, 0.29) is 5.91 Å². The number of amides is 1. The molecule has 0 saturated heterocycles. The fraction of sp³-hybridized carbons (Fsp3) is 0.545. The second-order valence-electron chi connectivity index (χ2n) is 3.87. The Morgan fingerprint density at radius 1 is 1.62 bits per heavy atom. The SMILES string of the molecule is O=C(c1sccc1Cl)N(CCBr)C1CCC1. The molecule has 5 heteroatoms. The number of carbonyl (C=O) groups excluding carboxylic acids is 1. The fourth-order valence-electron chi connectivity index (χ4n) is 1.82. The summed E-state index contributed by atoms with van der Waals surface area (Å²) in [5.74, 6) is 0.0872. The molecular weight excluding hydrogens is 310 g/mol. The third-order valence-electron chi connectivity index (χ3n) is 2.91. The highest BCUT2D eigenvalue weighted by Crippen LogP contribution is 2.29. The van der Waals surface area contributed by atoms with Gasteiger partial charge in [0.15, 0.2) is 0 Å². The predicted molar refractivity (Wildman–Crippen MR) is 71.8 cm³/mol. The van der Waals surface area contributed by atoms with E-state index in [2.05, 4.69) is 15.9 Å². The van der Waals surface area contributed by atoms with E-state index in [9.17, 15) is 4.79 Å². The van der Waals surface area contributed by atoms with Crippen molar-refractivity contribution in [2.45, 2.75) is 25.3 Å². The van der Waals surface area contributed by atoms with Crippen molar-refractivity contribution in [2.24, 2.45) is 0 Å². The number of alkyl halides is 1. The normalized spacial score (nSPS) is 15.9. The standard InChI is InChI=1S/C11H13BrClNOS/c12-5-6-14(8-2-1-3-8)11(15)10-9(13)4-7-16-10/h4,7-8H,1-3,5-6H2. The number of hydrogen-bond acceptors (Lipinski definition) is 2. The fourth-order valence-corrected chi connectivity index (χ4v) is 3.29. The van der Waals surface area contributed by atoms with Crippen LogP contribution in [0.25, 0.3) is 0 Å². The maximum absolute atomic E-state index is 12.3. The van der Waals surface area contributed by atoms with Crippen molar-refractivity contribution >= 4 is 44.8 Å². The van der Waals surface area contributed by atoms with E-state index < -0.39 is 0 Å². The topological polar surface area (TPSA) is 20.3 Å². The van der Waals surface area contributed by atoms with Gasteiger partial charge in [-0.2, -0.15) is 0 Å². The first-order valence-corrected chi connectivity index (χ1v) is 7.72. The van der Waals surface area contributed by atoms with Gasteiger partial charge in [0.2, 0.25) is 0 Å². The molecule has 0 unspecified atom stereocenters. The summed E-state index contributed by atoms with van der Waals surface area (Å²) in [4.78, 5) is 14.9. The van der Waals surface area contributed by atoms with Gasteiger partial charge < -0.3 is 4.90 Å². The molecule has 1 fully saturated rings. The molecule has 88 valence electrons. The summed E-state index contributed by atoms with van der Waals surface area (Å²) in [6, 6.07) is 2.20. The molecular formula is C11H13BrClNOS. The van der Waals surface area contributed by atoms with Gasteiger partial charge in [-0.3, -0.25) is 4.79 Å². The van der Waals surface area contributed by atoms with E-state index in [1.54, 1.807) is 6.07 Å². The lowest BCUT2D eigenvalue weighted by Gasteiger charge is -2.37. The lowest BCUT2D eigenvalue weighted by molar-refractivity contribution is 0.0605. The summed E-state index contributed by atoms with van der Waals surface area (Å²) < 4.78 is 0. The van der Waals surface area contributed by atoms with E-state index >= 15 is 0 Å². The molecule has 0 spiro atoms. The van der Waals surface area contributed by atoms with Crippen LogP contribution in [0.2, 0.25) is 5.02 Å². The molecule has 1 saturated carbocycles. The van der Waals surface area contributed by atoms with Crippen LogP contribution in [-0.2, 0) is 0 Å². The minimum absolute atomic E-state index is 0.0872. The van der Waals surface area contributed by atoms with E-state index in [1.165, 1.54) is 17.8 Å². The van der Waals surface area contributed by atoms with Crippen LogP contribution in [0.15, 0.2) is 11.4 Å². The Balaban J connectivity index is 2.13. The summed E-state index contributed by atoms with van der Waals surface area (Å²) in [6.45, 7) is 0.762. The zero-order valence-corrected chi connectivity index (χ0v) is 11.9. The lowest BCUT2D eigenvalue weighted by atomic mass is 9.91. The van der Waals surface area contributed by atoms with Crippen molar-refractivity contribution in [1.29, 1.82) is 0 Å². The number of carbonyl (C=O) groups is 1. The van der Waals surface area contributed by atoms with Crippen molar-refractivity contribution in [1.82, 2.24) is 4.90 Å². The van der Waals surface area contributed by atoms with Crippen molar-refractivity contribution < 1.29 is 4.79 Å². The highest BCUT2D eigenvalue weighted by Gasteiger charge is 2.30. The predicted octanol–water partition coefficient (Wildman–Crippen LogP) is 3.79. The van der Waals surface area contributed by atoms with E-state index in [4.69, 9.17) is 11.6 Å². The van der Waals surface area contributed by atoms with Crippen molar-refractivity contribution in [3.05, 3.63) is 21.3 Å². The van der Waals surface area contributed by atoms with Crippen LogP contribution in [-0.4, -0.2) is 28.7 Å². The monoisotopic (exact) mass is 321 g/mol. The molecule has 0 atom stereocenters. The van der Waals surface area contributed by atoms with E-state index in [0.717, 1.165) is 24.7 Å². The number of hydrogen-bond donors (Lipinski definition) is 0. The maximum atomic E-state index is 12.3. The summed E-state index contributed by atoms with van der Waals surface area (Å²) >= 11 is 10.8. The molecule has 16 heavy (non-hydrogen) atoms. The van der Waals surface area contributed by atoms with Gasteiger partial charge in [-0.1, -0.05) is 27.5 Å². The van der Waals surface area contributed by atoms with Gasteiger partial charge in [0.25, 0.3) is 5.91 Å². The molecule has 1 heterocycles. The Hall–Kier alpha value is -0.0600. The quantitative estimate of drug-likeness (QED) is 0.772. The molecule has 2 nitrogen and oxygen atoms in total. The van der Waals surface area contributed by atoms with Gasteiger partial charge in [-0.15, -0.1) is 11.3 Å². The smallest absolute Gasteiger partial charge is 0.265 e. The summed E-state index contributed by atoms with van der Waals surface area (Å²) in [5, 5.41) is 3.26. The zero-order valence-electron chi connectivity index (χ0n) is 8.79. The molecule has 0 radical (unpaired) electrons. The third-order valence-corrected chi connectivity index (χ3v) is 4.60. The first-order valence-electron chi connectivity index (χ1n) is 5.34. The van der Waals surface area contributed by atoms with Crippen LogP contribution in [0.1, 0.15) is 28.9 Å². The molecule has 1 amide bonds. The highest BCUT2D eigenvalue weighted by molar-refractivity contribution is 9.09. The Labute approximate surface area is 113 Å². The third kappa shape index (κ3) is 2.44. The number of rotatable bonds is 4. The molecule has 0 bridgehead atoms. The van der Waals surface area contributed by atoms with Crippen LogP contribution in [0, 0.1) is 0 Å². The van der Waals surface area contributed by atoms with Crippen molar-refractivity contribution in [2.75, 3.05) is 11.9 Å². The summed E-state index contributed by atoms with van der Waals surface area (Å²) in [7, 11) is 0. The van der Waals surface area contributed by atoms with Crippen LogP contribution in [0.3, 0.4) is 0 Å². The van der Waals surface area contributed by atoms with E-state index in [0.29, 0.717) is 15.9 Å². The maximum Gasteiger partial charge on any atom is 0.265 e. The second kappa shape index (κ2) is 5.52. The number of thiophene rings is 1. The van der Waals surface area contributed by atoms with Gasteiger partial charge >= 0.3 is 0 Å². The Kier molecular flexibility index (Phi) is 4.27. The first-order chi connectivity index (χ1) is 7.74. The average Bonchev–Trinajstić information content (AvgIpc) is 2.60. The molecule has 1 aliphatic rings. The van der Waals surface area contributed by atoms with Crippen LogP contribution in [0.4, 0.5) is 0 Å². The van der Waals surface area contributed by atoms with Crippen molar-refractivity contribution in [3.8, 4) is 0 Å². The van der Waals surface area contributed by atoms with Gasteiger partial charge in [-0.25, -0.2) is 0 Å². The highest BCUT2D eigenvalue weighted by atomic mass is 79.9.